The van der Waals surface area contributed by atoms with Crippen molar-refractivity contribution in [2.75, 3.05) is 18.5 Å². The number of anilines is 1. The Morgan fingerprint density at radius 3 is 2.59 bits per heavy atom. The average molecular weight is 329 g/mol. The van der Waals surface area contributed by atoms with E-state index in [1.165, 1.54) is 0 Å². The normalized spacial score (nSPS) is 9.95. The van der Waals surface area contributed by atoms with Crippen LogP contribution in [-0.4, -0.2) is 19.1 Å². The van der Waals surface area contributed by atoms with Gasteiger partial charge in [-0.1, -0.05) is 19.8 Å². The van der Waals surface area contributed by atoms with Crippen molar-refractivity contribution in [2.24, 2.45) is 5.73 Å². The highest BCUT2D eigenvalue weighted by Crippen LogP contribution is 2.21. The van der Waals surface area contributed by atoms with E-state index in [2.05, 4.69) is 12.2 Å². The summed E-state index contributed by atoms with van der Waals surface area (Å²) in [6.07, 6.45) is 5.68. The van der Waals surface area contributed by atoms with Gasteiger partial charge in [-0.2, -0.15) is 0 Å². The molecule has 0 aromatic heterocycles. The molecule has 0 heterocycles. The number of carbonyl (C=O) groups excluding carboxylic acids is 1. The maximum absolute atomic E-state index is 11.9. The largest absolute Gasteiger partial charge is 0.494 e. The Labute approximate surface area is 140 Å². The molecule has 0 saturated heterocycles. The van der Waals surface area contributed by atoms with Crippen LogP contribution in [0.2, 0.25) is 0 Å². The number of hydrogen-bond acceptors (Lipinski definition) is 3. The van der Waals surface area contributed by atoms with Crippen molar-refractivity contribution >= 4 is 24.0 Å². The predicted molar refractivity (Wildman–Crippen MR) is 95.0 cm³/mol. The number of rotatable bonds is 10. The number of halogens is 1. The van der Waals surface area contributed by atoms with Crippen molar-refractivity contribution < 1.29 is 9.53 Å². The number of benzene rings is 1. The zero-order chi connectivity index (χ0) is 15.5. The minimum absolute atomic E-state index is 0. The van der Waals surface area contributed by atoms with Crippen LogP contribution in [0.4, 0.5) is 5.69 Å². The molecule has 1 aromatic rings. The minimum atomic E-state index is 0. The summed E-state index contributed by atoms with van der Waals surface area (Å²) in [5, 5.41) is 2.97. The molecular formula is C17H29ClN2O2. The van der Waals surface area contributed by atoms with Crippen LogP contribution in [0.15, 0.2) is 18.2 Å². The van der Waals surface area contributed by atoms with Crippen LogP contribution in [-0.2, 0) is 4.79 Å². The van der Waals surface area contributed by atoms with Crippen LogP contribution in [0.25, 0.3) is 0 Å². The van der Waals surface area contributed by atoms with E-state index in [-0.39, 0.29) is 18.3 Å². The molecule has 0 fully saturated rings. The van der Waals surface area contributed by atoms with E-state index in [0.717, 1.165) is 55.6 Å². The molecule has 1 rings (SSSR count). The molecule has 126 valence electrons. The van der Waals surface area contributed by atoms with Crippen molar-refractivity contribution in [1.29, 1.82) is 0 Å². The summed E-state index contributed by atoms with van der Waals surface area (Å²) >= 11 is 0. The first-order chi connectivity index (χ1) is 10.2. The second kappa shape index (κ2) is 12.3. The highest BCUT2D eigenvalue weighted by atomic mass is 35.5. The molecular weight excluding hydrogens is 300 g/mol. The number of aryl methyl sites for hydroxylation is 1. The molecule has 1 aromatic carbocycles. The molecule has 0 radical (unpaired) electrons. The quantitative estimate of drug-likeness (QED) is 0.637. The molecule has 5 heteroatoms. The van der Waals surface area contributed by atoms with Gasteiger partial charge in [0, 0.05) is 12.1 Å². The Balaban J connectivity index is 0.00000441. The summed E-state index contributed by atoms with van der Waals surface area (Å²) in [6, 6.07) is 5.78. The van der Waals surface area contributed by atoms with E-state index in [1.807, 2.05) is 25.1 Å². The molecule has 0 spiro atoms. The van der Waals surface area contributed by atoms with Crippen molar-refractivity contribution in [3.05, 3.63) is 23.8 Å². The summed E-state index contributed by atoms with van der Waals surface area (Å²) in [5.41, 5.74) is 7.34. The fraction of sp³-hybridized carbons (Fsp3) is 0.588. The summed E-state index contributed by atoms with van der Waals surface area (Å²) in [4.78, 5) is 11.9. The van der Waals surface area contributed by atoms with Crippen LogP contribution in [0.3, 0.4) is 0 Å². The smallest absolute Gasteiger partial charge is 0.224 e. The summed E-state index contributed by atoms with van der Waals surface area (Å²) in [6.45, 7) is 5.51. The lowest BCUT2D eigenvalue weighted by Crippen LogP contribution is -2.12. The molecule has 0 aliphatic carbocycles. The zero-order valence-electron chi connectivity index (χ0n) is 13.7. The van der Waals surface area contributed by atoms with Gasteiger partial charge in [-0.15, -0.1) is 12.4 Å². The third-order valence-corrected chi connectivity index (χ3v) is 3.30. The molecule has 0 atom stereocenters. The zero-order valence-corrected chi connectivity index (χ0v) is 14.5. The van der Waals surface area contributed by atoms with Crippen molar-refractivity contribution in [2.45, 2.75) is 52.4 Å². The van der Waals surface area contributed by atoms with Gasteiger partial charge < -0.3 is 15.8 Å². The fourth-order valence-corrected chi connectivity index (χ4v) is 2.08. The van der Waals surface area contributed by atoms with E-state index in [0.29, 0.717) is 13.0 Å². The average Bonchev–Trinajstić information content (AvgIpc) is 2.47. The standard InChI is InChI=1S/C17H28N2O2.ClH/c1-3-12-21-15-9-10-16(14(2)13-15)19-17(20)8-6-4-5-7-11-18;/h9-10,13H,3-8,11-12,18H2,1-2H3,(H,19,20);1H. The van der Waals surface area contributed by atoms with Gasteiger partial charge in [0.15, 0.2) is 0 Å². The molecule has 1 amide bonds. The Morgan fingerprint density at radius 2 is 1.95 bits per heavy atom. The van der Waals surface area contributed by atoms with Gasteiger partial charge in [-0.25, -0.2) is 0 Å². The minimum Gasteiger partial charge on any atom is -0.494 e. The van der Waals surface area contributed by atoms with Crippen LogP contribution < -0.4 is 15.8 Å². The molecule has 0 saturated carbocycles. The lowest BCUT2D eigenvalue weighted by molar-refractivity contribution is -0.116. The summed E-state index contributed by atoms with van der Waals surface area (Å²) < 4.78 is 5.58. The van der Waals surface area contributed by atoms with Crippen LogP contribution in [0, 0.1) is 6.92 Å². The molecule has 0 aliphatic heterocycles. The van der Waals surface area contributed by atoms with Gasteiger partial charge in [0.2, 0.25) is 5.91 Å². The summed E-state index contributed by atoms with van der Waals surface area (Å²) in [7, 11) is 0. The highest BCUT2D eigenvalue weighted by Gasteiger charge is 2.06. The third kappa shape index (κ3) is 8.25. The monoisotopic (exact) mass is 328 g/mol. The van der Waals surface area contributed by atoms with Gasteiger partial charge in [0.05, 0.1) is 6.61 Å². The number of nitrogens with two attached hydrogens (primary N) is 1. The van der Waals surface area contributed by atoms with E-state index >= 15 is 0 Å². The van der Waals surface area contributed by atoms with Crippen molar-refractivity contribution in [3.8, 4) is 5.75 Å². The number of unbranched alkanes of at least 4 members (excludes halogenated alkanes) is 3. The Morgan fingerprint density at radius 1 is 1.23 bits per heavy atom. The number of ether oxygens (including phenoxy) is 1. The SMILES string of the molecule is CCCOc1ccc(NC(=O)CCCCCCN)c(C)c1.Cl. The van der Waals surface area contributed by atoms with Crippen molar-refractivity contribution in [3.63, 3.8) is 0 Å². The van der Waals surface area contributed by atoms with E-state index < -0.39 is 0 Å². The number of amides is 1. The number of carbonyl (C=O) groups is 1. The molecule has 0 aliphatic rings. The van der Waals surface area contributed by atoms with E-state index in [9.17, 15) is 4.79 Å². The number of hydrogen-bond donors (Lipinski definition) is 2. The first kappa shape index (κ1) is 20.7. The lowest BCUT2D eigenvalue weighted by Gasteiger charge is -2.11. The molecule has 0 unspecified atom stereocenters. The maximum Gasteiger partial charge on any atom is 0.224 e. The van der Waals surface area contributed by atoms with Gasteiger partial charge in [-0.3, -0.25) is 4.79 Å². The Hall–Kier alpha value is -1.26. The van der Waals surface area contributed by atoms with Crippen LogP contribution in [0.1, 0.15) is 51.0 Å². The second-order valence-electron chi connectivity index (χ2n) is 5.33. The van der Waals surface area contributed by atoms with Gasteiger partial charge in [0.1, 0.15) is 5.75 Å². The Bertz CT molecular complexity index is 439. The van der Waals surface area contributed by atoms with Crippen LogP contribution in [0.5, 0.6) is 5.75 Å². The van der Waals surface area contributed by atoms with Gasteiger partial charge in [0.25, 0.3) is 0 Å². The third-order valence-electron chi connectivity index (χ3n) is 3.30. The highest BCUT2D eigenvalue weighted by molar-refractivity contribution is 5.91. The van der Waals surface area contributed by atoms with Gasteiger partial charge in [-0.05, 0) is 56.5 Å². The molecule has 22 heavy (non-hydrogen) atoms. The first-order valence-corrected chi connectivity index (χ1v) is 7.90. The predicted octanol–water partition coefficient (Wildman–Crippen LogP) is 4.05. The second-order valence-corrected chi connectivity index (χ2v) is 5.33. The van der Waals surface area contributed by atoms with E-state index in [1.54, 1.807) is 0 Å². The molecule has 0 bridgehead atoms. The molecule has 4 nitrogen and oxygen atoms in total. The number of nitrogens with one attached hydrogen (secondary N) is 1. The topological polar surface area (TPSA) is 64.3 Å². The van der Waals surface area contributed by atoms with Gasteiger partial charge >= 0.3 is 0 Å². The summed E-state index contributed by atoms with van der Waals surface area (Å²) in [5.74, 6) is 0.933. The maximum atomic E-state index is 11.9. The molecule has 3 N–H and O–H groups in total. The Kier molecular flexibility index (Phi) is 11.6. The van der Waals surface area contributed by atoms with Crippen LogP contribution >= 0.6 is 12.4 Å². The van der Waals surface area contributed by atoms with Crippen molar-refractivity contribution in [1.82, 2.24) is 0 Å². The fourth-order valence-electron chi connectivity index (χ4n) is 2.08. The first-order valence-electron chi connectivity index (χ1n) is 7.90. The lowest BCUT2D eigenvalue weighted by atomic mass is 10.1. The van der Waals surface area contributed by atoms with E-state index in [4.69, 9.17) is 10.5 Å².